The van der Waals surface area contributed by atoms with Gasteiger partial charge in [0, 0.05) is 20.6 Å². The summed E-state index contributed by atoms with van der Waals surface area (Å²) >= 11 is 0. The maximum atomic E-state index is 12.4. The number of rotatable bonds is 3. The van der Waals surface area contributed by atoms with E-state index in [1.807, 2.05) is 41.3 Å². The van der Waals surface area contributed by atoms with E-state index in [1.165, 1.54) is 11.6 Å². The first-order valence-corrected chi connectivity index (χ1v) is 8.42. The summed E-state index contributed by atoms with van der Waals surface area (Å²) in [7, 11) is 2.91. The number of anilines is 1. The molecule has 3 rings (SSSR count). The Kier molecular flexibility index (Phi) is 4.64. The second-order valence-electron chi connectivity index (χ2n) is 6.44. The molecule has 0 saturated carbocycles. The molecule has 132 valence electrons. The monoisotopic (exact) mass is 349 g/mol. The van der Waals surface area contributed by atoms with Gasteiger partial charge in [-0.15, -0.1) is 0 Å². The van der Waals surface area contributed by atoms with Gasteiger partial charge in [0.25, 0.3) is 5.56 Å². The summed E-state index contributed by atoms with van der Waals surface area (Å²) in [5.74, 6) is -0.108. The van der Waals surface area contributed by atoms with E-state index in [9.17, 15) is 20.1 Å². The highest BCUT2D eigenvalue weighted by molar-refractivity contribution is 5.56. The zero-order valence-electron chi connectivity index (χ0n) is 14.7. The molecule has 1 fully saturated rings. The number of hydrogen-bond acceptors (Lipinski definition) is 5. The minimum atomic E-state index is -0.607. The molecule has 1 saturated heterocycles. The van der Waals surface area contributed by atoms with E-state index in [-0.39, 0.29) is 11.6 Å². The number of hydrogen-bond donors (Lipinski definition) is 0. The van der Waals surface area contributed by atoms with Crippen molar-refractivity contribution in [2.75, 3.05) is 11.4 Å². The Labute approximate surface area is 150 Å². The summed E-state index contributed by atoms with van der Waals surface area (Å²) in [5.41, 5.74) is -0.266. The molecule has 7 heteroatoms. The van der Waals surface area contributed by atoms with Gasteiger partial charge in [0.15, 0.2) is 5.56 Å². The Morgan fingerprint density at radius 1 is 1.12 bits per heavy atom. The van der Waals surface area contributed by atoms with Crippen molar-refractivity contribution in [2.45, 2.75) is 24.8 Å². The van der Waals surface area contributed by atoms with Crippen LogP contribution in [-0.2, 0) is 14.1 Å². The molecule has 0 radical (unpaired) electrons. The number of aromatic nitrogens is 2. The Balaban J connectivity index is 2.16. The van der Waals surface area contributed by atoms with Gasteiger partial charge in [-0.1, -0.05) is 30.3 Å². The van der Waals surface area contributed by atoms with E-state index >= 15 is 0 Å². The van der Waals surface area contributed by atoms with Gasteiger partial charge in [-0.05, 0) is 18.4 Å². The molecular formula is C19H19N5O2. The molecule has 1 aliphatic rings. The topological polar surface area (TPSA) is 94.8 Å². The van der Waals surface area contributed by atoms with Crippen molar-refractivity contribution < 1.29 is 0 Å². The van der Waals surface area contributed by atoms with Crippen LogP contribution in [0.1, 0.15) is 29.9 Å². The highest BCUT2D eigenvalue weighted by Gasteiger charge is 2.36. The van der Waals surface area contributed by atoms with Gasteiger partial charge in [0.05, 0.1) is 18.0 Å². The van der Waals surface area contributed by atoms with Gasteiger partial charge in [-0.3, -0.25) is 13.9 Å². The van der Waals surface area contributed by atoms with E-state index in [2.05, 4.69) is 6.07 Å². The highest BCUT2D eigenvalue weighted by atomic mass is 16.2. The largest absolute Gasteiger partial charge is 0.352 e. The van der Waals surface area contributed by atoms with Gasteiger partial charge >= 0.3 is 5.69 Å². The first-order chi connectivity index (χ1) is 12.5. The fourth-order valence-electron chi connectivity index (χ4n) is 3.71. The lowest BCUT2D eigenvalue weighted by Crippen LogP contribution is -2.45. The van der Waals surface area contributed by atoms with Crippen LogP contribution >= 0.6 is 0 Å². The smallest absolute Gasteiger partial charge is 0.332 e. The van der Waals surface area contributed by atoms with E-state index in [4.69, 9.17) is 0 Å². The maximum absolute atomic E-state index is 12.4. The normalized spacial score (nSPS) is 17.5. The molecule has 1 aromatic carbocycles. The third kappa shape index (κ3) is 2.68. The van der Waals surface area contributed by atoms with Gasteiger partial charge in [-0.2, -0.15) is 10.5 Å². The van der Waals surface area contributed by atoms with Gasteiger partial charge < -0.3 is 4.90 Å². The van der Waals surface area contributed by atoms with E-state index in [0.29, 0.717) is 12.4 Å². The van der Waals surface area contributed by atoms with Crippen molar-refractivity contribution in [3.8, 4) is 12.1 Å². The quantitative estimate of drug-likeness (QED) is 0.831. The predicted octanol–water partition coefficient (Wildman–Crippen LogP) is 1.23. The first-order valence-electron chi connectivity index (χ1n) is 8.42. The van der Waals surface area contributed by atoms with Gasteiger partial charge in [-0.25, -0.2) is 4.79 Å². The maximum Gasteiger partial charge on any atom is 0.332 e. The summed E-state index contributed by atoms with van der Waals surface area (Å²) < 4.78 is 2.27. The lowest BCUT2D eigenvalue weighted by Gasteiger charge is -2.31. The van der Waals surface area contributed by atoms with Crippen molar-refractivity contribution >= 4 is 5.82 Å². The van der Waals surface area contributed by atoms with E-state index in [0.717, 1.165) is 23.0 Å². The lowest BCUT2D eigenvalue weighted by atomic mass is 9.91. The molecule has 1 aromatic heterocycles. The molecule has 0 amide bonds. The van der Waals surface area contributed by atoms with Crippen molar-refractivity contribution in [3.05, 3.63) is 62.3 Å². The van der Waals surface area contributed by atoms with Crippen LogP contribution < -0.4 is 16.1 Å². The standard InChI is InChI=1S/C19H19N5O2/c1-22-17(15(12-21)18(25)23(2)19(22)26)24-10-6-9-16(24)14(11-20)13-7-4-3-5-8-13/h3-5,7-8,14,16H,6,9-10H2,1-2H3. The van der Waals surface area contributed by atoms with Gasteiger partial charge in [0.1, 0.15) is 11.9 Å². The summed E-state index contributed by atoms with van der Waals surface area (Å²) in [6, 6.07) is 13.6. The zero-order valence-corrected chi connectivity index (χ0v) is 14.7. The highest BCUT2D eigenvalue weighted by Crippen LogP contribution is 2.34. The second-order valence-corrected chi connectivity index (χ2v) is 6.44. The fraction of sp³-hybridized carbons (Fsp3) is 0.368. The molecule has 1 aliphatic heterocycles. The number of nitriles is 2. The average molecular weight is 349 g/mol. The Morgan fingerprint density at radius 2 is 1.81 bits per heavy atom. The third-order valence-electron chi connectivity index (χ3n) is 5.00. The minimum absolute atomic E-state index is 0.0637. The second kappa shape index (κ2) is 6.89. The van der Waals surface area contributed by atoms with E-state index in [1.54, 1.807) is 7.05 Å². The third-order valence-corrected chi connectivity index (χ3v) is 5.00. The lowest BCUT2D eigenvalue weighted by molar-refractivity contribution is 0.584. The molecule has 7 nitrogen and oxygen atoms in total. The fourth-order valence-corrected chi connectivity index (χ4v) is 3.71. The van der Waals surface area contributed by atoms with Crippen LogP contribution in [0.15, 0.2) is 39.9 Å². The molecule has 2 heterocycles. The van der Waals surface area contributed by atoms with Crippen LogP contribution in [0.3, 0.4) is 0 Å². The Bertz CT molecular complexity index is 1020. The molecule has 0 bridgehead atoms. The summed E-state index contributed by atoms with van der Waals surface area (Å²) in [6.45, 7) is 0.588. The molecular weight excluding hydrogens is 330 g/mol. The van der Waals surface area contributed by atoms with Gasteiger partial charge in [0.2, 0.25) is 0 Å². The van der Waals surface area contributed by atoms with E-state index < -0.39 is 17.2 Å². The average Bonchev–Trinajstić information content (AvgIpc) is 3.13. The summed E-state index contributed by atoms with van der Waals surface area (Å²) in [4.78, 5) is 26.7. The summed E-state index contributed by atoms with van der Waals surface area (Å²) in [5, 5.41) is 19.3. The van der Waals surface area contributed by atoms with Crippen molar-refractivity contribution in [2.24, 2.45) is 14.1 Å². The minimum Gasteiger partial charge on any atom is -0.352 e. The van der Waals surface area contributed by atoms with Crippen molar-refractivity contribution in [3.63, 3.8) is 0 Å². The Hall–Kier alpha value is -3.32. The molecule has 0 N–H and O–H groups in total. The van der Waals surface area contributed by atoms with Crippen LogP contribution in [0.25, 0.3) is 0 Å². The van der Waals surface area contributed by atoms with Crippen LogP contribution in [0.2, 0.25) is 0 Å². The summed E-state index contributed by atoms with van der Waals surface area (Å²) in [6.07, 6.45) is 1.57. The van der Waals surface area contributed by atoms with Crippen LogP contribution in [0, 0.1) is 22.7 Å². The molecule has 0 aliphatic carbocycles. The molecule has 0 spiro atoms. The first kappa shape index (κ1) is 17.5. The van der Waals surface area contributed by atoms with Crippen molar-refractivity contribution in [1.29, 1.82) is 10.5 Å². The van der Waals surface area contributed by atoms with Crippen LogP contribution in [0.4, 0.5) is 5.82 Å². The van der Waals surface area contributed by atoms with Crippen LogP contribution in [-0.4, -0.2) is 21.7 Å². The number of benzene rings is 1. The molecule has 2 atom stereocenters. The van der Waals surface area contributed by atoms with Crippen LogP contribution in [0.5, 0.6) is 0 Å². The van der Waals surface area contributed by atoms with Crippen molar-refractivity contribution in [1.82, 2.24) is 9.13 Å². The SMILES string of the molecule is Cn1c(N2CCCC2C(C#N)c2ccccc2)c(C#N)c(=O)n(C)c1=O. The molecule has 2 unspecified atom stereocenters. The molecule has 2 aromatic rings. The zero-order chi connectivity index (χ0) is 18.8. The predicted molar refractivity (Wildman–Crippen MR) is 96.8 cm³/mol. The molecule has 26 heavy (non-hydrogen) atoms. The number of nitrogens with zero attached hydrogens (tertiary/aromatic N) is 5. The Morgan fingerprint density at radius 3 is 2.42 bits per heavy atom.